The molecule has 0 N–H and O–H groups in total. The molecule has 5 heteroatoms. The first kappa shape index (κ1) is 18.2. The van der Waals surface area contributed by atoms with Gasteiger partial charge in [-0.05, 0) is 61.9 Å². The first-order valence-electron chi connectivity index (χ1n) is 8.72. The maximum Gasteiger partial charge on any atom is 0.260 e. The second-order valence-corrected chi connectivity index (χ2v) is 7.87. The highest BCUT2D eigenvalue weighted by molar-refractivity contribution is 9.10. The summed E-state index contributed by atoms with van der Waals surface area (Å²) in [5.41, 5.74) is 0. The molecule has 25 heavy (non-hydrogen) atoms. The number of likely N-dealkylation sites (tertiary alicyclic amines) is 1. The van der Waals surface area contributed by atoms with Gasteiger partial charge in [-0.1, -0.05) is 28.1 Å². The van der Waals surface area contributed by atoms with E-state index in [9.17, 15) is 4.79 Å². The van der Waals surface area contributed by atoms with Gasteiger partial charge in [-0.2, -0.15) is 0 Å². The standard InChI is InChI=1S/C20H25BrN2O2/c1-14-10-18(8-9-22(14)2)23(3)20(24)13-25-19-7-5-15-11-17(21)6-4-16(15)12-19/h4-7,11-12,14,18H,8-10,13H2,1-3H3. The number of rotatable bonds is 4. The normalized spacial score (nSPS) is 21.3. The van der Waals surface area contributed by atoms with Gasteiger partial charge in [0, 0.05) is 30.1 Å². The molecule has 134 valence electrons. The van der Waals surface area contributed by atoms with Gasteiger partial charge >= 0.3 is 0 Å². The minimum atomic E-state index is 0.0395. The average molecular weight is 405 g/mol. The molecule has 2 atom stereocenters. The zero-order valence-corrected chi connectivity index (χ0v) is 16.6. The second kappa shape index (κ2) is 7.75. The van der Waals surface area contributed by atoms with Crippen molar-refractivity contribution in [3.05, 3.63) is 40.9 Å². The van der Waals surface area contributed by atoms with Crippen molar-refractivity contribution in [3.63, 3.8) is 0 Å². The smallest absolute Gasteiger partial charge is 0.260 e. The van der Waals surface area contributed by atoms with E-state index in [1.807, 2.05) is 42.3 Å². The third-order valence-electron chi connectivity index (χ3n) is 5.26. The summed E-state index contributed by atoms with van der Waals surface area (Å²) in [6.45, 7) is 3.33. The summed E-state index contributed by atoms with van der Waals surface area (Å²) in [6.07, 6.45) is 2.04. The average Bonchev–Trinajstić information content (AvgIpc) is 2.61. The minimum absolute atomic E-state index is 0.0395. The van der Waals surface area contributed by atoms with E-state index in [1.54, 1.807) is 0 Å². The second-order valence-electron chi connectivity index (χ2n) is 6.95. The van der Waals surface area contributed by atoms with Crippen LogP contribution < -0.4 is 4.74 Å². The fourth-order valence-electron chi connectivity index (χ4n) is 3.35. The van der Waals surface area contributed by atoms with Crippen LogP contribution in [0.25, 0.3) is 10.8 Å². The summed E-state index contributed by atoms with van der Waals surface area (Å²) < 4.78 is 6.81. The highest BCUT2D eigenvalue weighted by atomic mass is 79.9. The van der Waals surface area contributed by atoms with E-state index < -0.39 is 0 Å². The molecule has 2 unspecified atom stereocenters. The lowest BCUT2D eigenvalue weighted by Gasteiger charge is -2.39. The van der Waals surface area contributed by atoms with Crippen LogP contribution in [0.4, 0.5) is 0 Å². The Balaban J connectivity index is 1.59. The van der Waals surface area contributed by atoms with Gasteiger partial charge in [0.25, 0.3) is 5.91 Å². The highest BCUT2D eigenvalue weighted by Crippen LogP contribution is 2.24. The van der Waals surface area contributed by atoms with E-state index in [1.165, 1.54) is 0 Å². The van der Waals surface area contributed by atoms with Crippen LogP contribution in [0.2, 0.25) is 0 Å². The molecule has 0 bridgehead atoms. The molecule has 2 aromatic rings. The number of carbonyl (C=O) groups excluding carboxylic acids is 1. The van der Waals surface area contributed by atoms with Gasteiger partial charge in [-0.25, -0.2) is 0 Å². The van der Waals surface area contributed by atoms with Crippen LogP contribution in [-0.2, 0) is 4.79 Å². The Kier molecular flexibility index (Phi) is 5.64. The molecule has 1 fully saturated rings. The summed E-state index contributed by atoms with van der Waals surface area (Å²) in [6, 6.07) is 12.8. The van der Waals surface area contributed by atoms with Crippen molar-refractivity contribution in [2.45, 2.75) is 31.8 Å². The van der Waals surface area contributed by atoms with Crippen molar-refractivity contribution < 1.29 is 9.53 Å². The molecule has 1 aliphatic rings. The van der Waals surface area contributed by atoms with Crippen molar-refractivity contribution in [1.29, 1.82) is 0 Å². The van der Waals surface area contributed by atoms with E-state index in [4.69, 9.17) is 4.74 Å². The number of ether oxygens (including phenoxy) is 1. The molecule has 4 nitrogen and oxygen atoms in total. The molecule has 3 rings (SSSR count). The quantitative estimate of drug-likeness (QED) is 0.773. The first-order valence-corrected chi connectivity index (χ1v) is 9.51. The maximum absolute atomic E-state index is 12.5. The van der Waals surface area contributed by atoms with Crippen LogP contribution in [-0.4, -0.2) is 55.0 Å². The minimum Gasteiger partial charge on any atom is -0.484 e. The monoisotopic (exact) mass is 404 g/mol. The molecular formula is C20H25BrN2O2. The van der Waals surface area contributed by atoms with E-state index >= 15 is 0 Å². The van der Waals surface area contributed by atoms with Crippen LogP contribution in [0.5, 0.6) is 5.75 Å². The third-order valence-corrected chi connectivity index (χ3v) is 5.75. The largest absolute Gasteiger partial charge is 0.484 e. The predicted molar refractivity (Wildman–Crippen MR) is 105 cm³/mol. The Bertz CT molecular complexity index is 764. The lowest BCUT2D eigenvalue weighted by Crippen LogP contribution is -2.49. The number of hydrogen-bond acceptors (Lipinski definition) is 3. The lowest BCUT2D eigenvalue weighted by atomic mass is 9.98. The molecule has 0 aromatic heterocycles. The number of piperidine rings is 1. The topological polar surface area (TPSA) is 32.8 Å². The Hall–Kier alpha value is -1.59. The van der Waals surface area contributed by atoms with Gasteiger partial charge in [0.15, 0.2) is 6.61 Å². The number of benzene rings is 2. The zero-order valence-electron chi connectivity index (χ0n) is 15.0. The van der Waals surface area contributed by atoms with Crippen LogP contribution in [0.3, 0.4) is 0 Å². The van der Waals surface area contributed by atoms with Crippen molar-refractivity contribution in [2.75, 3.05) is 27.2 Å². The molecule has 0 aliphatic carbocycles. The number of nitrogens with zero attached hydrogens (tertiary/aromatic N) is 2. The van der Waals surface area contributed by atoms with Crippen molar-refractivity contribution >= 4 is 32.6 Å². The Morgan fingerprint density at radius 2 is 2.00 bits per heavy atom. The van der Waals surface area contributed by atoms with Crippen molar-refractivity contribution in [2.24, 2.45) is 0 Å². The van der Waals surface area contributed by atoms with Crippen LogP contribution in [0, 0.1) is 0 Å². The number of likely N-dealkylation sites (N-methyl/N-ethyl adjacent to an activating group) is 1. The molecule has 0 saturated carbocycles. The summed E-state index contributed by atoms with van der Waals surface area (Å²) >= 11 is 3.48. The fraction of sp³-hybridized carbons (Fsp3) is 0.450. The lowest BCUT2D eigenvalue weighted by molar-refractivity contribution is -0.135. The molecule has 2 aromatic carbocycles. The van der Waals surface area contributed by atoms with Gasteiger partial charge in [0.1, 0.15) is 5.75 Å². The number of carbonyl (C=O) groups is 1. The van der Waals surface area contributed by atoms with Crippen molar-refractivity contribution in [3.8, 4) is 5.75 Å². The molecule has 0 radical (unpaired) electrons. The van der Waals surface area contributed by atoms with Gasteiger partial charge in [0.05, 0.1) is 0 Å². The maximum atomic E-state index is 12.5. The first-order chi connectivity index (χ1) is 11.9. The Labute approximate surface area is 157 Å². The van der Waals surface area contributed by atoms with E-state index in [0.717, 1.165) is 40.4 Å². The highest BCUT2D eigenvalue weighted by Gasteiger charge is 2.28. The molecule has 1 aliphatic heterocycles. The molecule has 1 heterocycles. The number of halogens is 1. The SMILES string of the molecule is CC1CC(N(C)C(=O)COc2ccc3cc(Br)ccc3c2)CCN1C. The Morgan fingerprint density at radius 1 is 1.28 bits per heavy atom. The molecular weight excluding hydrogens is 380 g/mol. The van der Waals surface area contributed by atoms with Gasteiger partial charge < -0.3 is 14.5 Å². The molecule has 1 amide bonds. The van der Waals surface area contributed by atoms with Gasteiger partial charge in [0.2, 0.25) is 0 Å². The Morgan fingerprint density at radius 3 is 2.76 bits per heavy atom. The van der Waals surface area contributed by atoms with Crippen LogP contribution in [0.15, 0.2) is 40.9 Å². The summed E-state index contributed by atoms with van der Waals surface area (Å²) in [7, 11) is 4.04. The van der Waals surface area contributed by atoms with Crippen LogP contribution >= 0.6 is 15.9 Å². The number of fused-ring (bicyclic) bond motifs is 1. The fourth-order valence-corrected chi connectivity index (χ4v) is 3.73. The van der Waals surface area contributed by atoms with E-state index in [0.29, 0.717) is 12.1 Å². The number of amides is 1. The zero-order chi connectivity index (χ0) is 18.0. The van der Waals surface area contributed by atoms with Crippen molar-refractivity contribution in [1.82, 2.24) is 9.80 Å². The van der Waals surface area contributed by atoms with Gasteiger partial charge in [-0.15, -0.1) is 0 Å². The van der Waals surface area contributed by atoms with Gasteiger partial charge in [-0.3, -0.25) is 4.79 Å². The van der Waals surface area contributed by atoms with Crippen LogP contribution in [0.1, 0.15) is 19.8 Å². The third kappa shape index (κ3) is 4.33. The summed E-state index contributed by atoms with van der Waals surface area (Å²) in [5, 5.41) is 2.25. The molecule has 1 saturated heterocycles. The van der Waals surface area contributed by atoms with E-state index in [-0.39, 0.29) is 12.5 Å². The number of hydrogen-bond donors (Lipinski definition) is 0. The summed E-state index contributed by atoms with van der Waals surface area (Å²) in [4.78, 5) is 16.7. The summed E-state index contributed by atoms with van der Waals surface area (Å²) in [5.74, 6) is 0.769. The van der Waals surface area contributed by atoms with E-state index in [2.05, 4.69) is 40.9 Å². The predicted octanol–water partition coefficient (Wildman–Crippen LogP) is 3.92. The molecule has 0 spiro atoms.